The first-order chi connectivity index (χ1) is 10.9. The van der Waals surface area contributed by atoms with E-state index < -0.39 is 22.0 Å². The lowest BCUT2D eigenvalue weighted by Crippen LogP contribution is -2.39. The number of hydrogen-bond acceptors (Lipinski definition) is 6. The van der Waals surface area contributed by atoms with E-state index in [1.165, 1.54) is 32.4 Å². The van der Waals surface area contributed by atoms with Gasteiger partial charge in [0.25, 0.3) is 0 Å². The van der Waals surface area contributed by atoms with Crippen LogP contribution in [-0.4, -0.2) is 47.2 Å². The Kier molecular flexibility index (Phi) is 7.43. The van der Waals surface area contributed by atoms with Gasteiger partial charge in [0, 0.05) is 13.2 Å². The molecule has 24 heavy (non-hydrogen) atoms. The molecule has 1 amide bonds. The summed E-state index contributed by atoms with van der Waals surface area (Å²) in [4.78, 5) is 12.0. The van der Waals surface area contributed by atoms with Crippen LogP contribution in [0.25, 0.3) is 0 Å². The first kappa shape index (κ1) is 20.7. The fourth-order valence-corrected chi connectivity index (χ4v) is 3.25. The second-order valence-corrected chi connectivity index (χ2v) is 7.02. The number of sulfonamides is 1. The largest absolute Gasteiger partial charge is 0.495 e. The fraction of sp³-hybridized carbons (Fsp3) is 0.500. The minimum Gasteiger partial charge on any atom is -0.495 e. The highest BCUT2D eigenvalue weighted by atomic mass is 35.5. The number of halogens is 1. The SMILES string of the molecule is COCC(N)C(=O)Nc1cc(S(=O)(=O)NC2CC2)ccc1OC.Cl. The van der Waals surface area contributed by atoms with Crippen LogP contribution in [0.4, 0.5) is 5.69 Å². The molecule has 1 aliphatic carbocycles. The number of ether oxygens (including phenoxy) is 2. The molecular weight excluding hydrogens is 358 g/mol. The number of nitrogens with two attached hydrogens (primary N) is 1. The molecule has 0 aromatic heterocycles. The number of amides is 1. The average molecular weight is 380 g/mol. The van der Waals surface area contributed by atoms with Gasteiger partial charge in [0.15, 0.2) is 0 Å². The minimum absolute atomic E-state index is 0. The molecule has 136 valence electrons. The van der Waals surface area contributed by atoms with Crippen LogP contribution in [0.5, 0.6) is 5.75 Å². The van der Waals surface area contributed by atoms with Crippen LogP contribution < -0.4 is 20.5 Å². The number of carbonyl (C=O) groups is 1. The highest BCUT2D eigenvalue weighted by Gasteiger charge is 2.28. The van der Waals surface area contributed by atoms with Crippen LogP contribution in [0.1, 0.15) is 12.8 Å². The molecule has 0 aliphatic heterocycles. The lowest BCUT2D eigenvalue weighted by atomic mass is 10.2. The molecule has 1 atom stereocenters. The molecule has 0 heterocycles. The number of carbonyl (C=O) groups excluding carboxylic acids is 1. The summed E-state index contributed by atoms with van der Waals surface area (Å²) in [6.07, 6.45) is 1.68. The van der Waals surface area contributed by atoms with E-state index in [-0.39, 0.29) is 35.6 Å². The van der Waals surface area contributed by atoms with Crippen LogP contribution in [0.15, 0.2) is 23.1 Å². The maximum absolute atomic E-state index is 12.2. The molecule has 1 unspecified atom stereocenters. The standard InChI is InChI=1S/C14H21N3O5S.ClH/c1-21-8-11(15)14(18)16-12-7-10(5-6-13(12)22-2)23(19,20)17-9-3-4-9;/h5-7,9,11,17H,3-4,8,15H2,1-2H3,(H,16,18);1H. The molecule has 0 radical (unpaired) electrons. The van der Waals surface area contributed by atoms with E-state index in [0.717, 1.165) is 12.8 Å². The smallest absolute Gasteiger partial charge is 0.243 e. The lowest BCUT2D eigenvalue weighted by molar-refractivity contribution is -0.118. The predicted molar refractivity (Wildman–Crippen MR) is 92.1 cm³/mol. The van der Waals surface area contributed by atoms with Gasteiger partial charge < -0.3 is 20.5 Å². The van der Waals surface area contributed by atoms with Gasteiger partial charge in [-0.05, 0) is 31.0 Å². The van der Waals surface area contributed by atoms with Crippen molar-refractivity contribution >= 4 is 34.0 Å². The van der Waals surface area contributed by atoms with Crippen LogP contribution in [-0.2, 0) is 19.6 Å². The normalized spacial score (nSPS) is 15.3. The number of rotatable bonds is 8. The summed E-state index contributed by atoms with van der Waals surface area (Å²) in [5.74, 6) is -0.150. The first-order valence-corrected chi connectivity index (χ1v) is 8.61. The van der Waals surface area contributed by atoms with Crippen molar-refractivity contribution in [1.82, 2.24) is 4.72 Å². The minimum atomic E-state index is -3.62. The fourth-order valence-electron chi connectivity index (χ4n) is 1.92. The van der Waals surface area contributed by atoms with Gasteiger partial charge in [0.2, 0.25) is 15.9 Å². The summed E-state index contributed by atoms with van der Waals surface area (Å²) in [6, 6.07) is 3.39. The van der Waals surface area contributed by atoms with Gasteiger partial charge in [-0.1, -0.05) is 0 Å². The van der Waals surface area contributed by atoms with Gasteiger partial charge in [0.05, 0.1) is 24.3 Å². The molecule has 0 spiro atoms. The number of anilines is 1. The molecule has 1 saturated carbocycles. The van der Waals surface area contributed by atoms with Crippen molar-refractivity contribution in [3.63, 3.8) is 0 Å². The Labute approximate surface area is 147 Å². The highest BCUT2D eigenvalue weighted by Crippen LogP contribution is 2.29. The topological polar surface area (TPSA) is 120 Å². The van der Waals surface area contributed by atoms with Crippen molar-refractivity contribution in [1.29, 1.82) is 0 Å². The van der Waals surface area contributed by atoms with Crippen molar-refractivity contribution in [2.75, 3.05) is 26.1 Å². The molecule has 0 saturated heterocycles. The van der Waals surface area contributed by atoms with E-state index in [1.807, 2.05) is 0 Å². The third kappa shape index (κ3) is 5.32. The van der Waals surface area contributed by atoms with Gasteiger partial charge in [0.1, 0.15) is 11.8 Å². The van der Waals surface area contributed by atoms with E-state index in [1.54, 1.807) is 0 Å². The zero-order valence-electron chi connectivity index (χ0n) is 13.4. The number of methoxy groups -OCH3 is 2. The van der Waals surface area contributed by atoms with Gasteiger partial charge in [-0.2, -0.15) is 0 Å². The van der Waals surface area contributed by atoms with Crippen LogP contribution >= 0.6 is 12.4 Å². The molecule has 1 fully saturated rings. The van der Waals surface area contributed by atoms with Gasteiger partial charge >= 0.3 is 0 Å². The van der Waals surface area contributed by atoms with Crippen LogP contribution in [0.3, 0.4) is 0 Å². The van der Waals surface area contributed by atoms with Crippen molar-refractivity contribution in [3.8, 4) is 5.75 Å². The van der Waals surface area contributed by atoms with Gasteiger partial charge in [-0.25, -0.2) is 13.1 Å². The monoisotopic (exact) mass is 379 g/mol. The molecule has 4 N–H and O–H groups in total. The van der Waals surface area contributed by atoms with Gasteiger partial charge in [-0.3, -0.25) is 4.79 Å². The van der Waals surface area contributed by atoms with E-state index in [9.17, 15) is 13.2 Å². The zero-order chi connectivity index (χ0) is 17.0. The van der Waals surface area contributed by atoms with Crippen LogP contribution in [0, 0.1) is 0 Å². The lowest BCUT2D eigenvalue weighted by Gasteiger charge is -2.15. The summed E-state index contributed by atoms with van der Waals surface area (Å²) in [6.45, 7) is 0.0510. The Morgan fingerprint density at radius 3 is 2.58 bits per heavy atom. The predicted octanol–water partition coefficient (Wildman–Crippen LogP) is 0.470. The first-order valence-electron chi connectivity index (χ1n) is 7.13. The van der Waals surface area contributed by atoms with E-state index in [4.69, 9.17) is 15.2 Å². The Morgan fingerprint density at radius 2 is 2.04 bits per heavy atom. The third-order valence-electron chi connectivity index (χ3n) is 3.32. The average Bonchev–Trinajstić information content (AvgIpc) is 3.30. The molecule has 1 aromatic carbocycles. The molecule has 0 bridgehead atoms. The summed E-state index contributed by atoms with van der Waals surface area (Å²) in [5.41, 5.74) is 5.90. The molecule has 1 aromatic rings. The zero-order valence-corrected chi connectivity index (χ0v) is 15.1. The molecule has 2 rings (SSSR count). The van der Waals surface area contributed by atoms with E-state index in [0.29, 0.717) is 5.75 Å². The van der Waals surface area contributed by atoms with Crippen molar-refractivity contribution in [2.45, 2.75) is 29.8 Å². The number of nitrogens with one attached hydrogen (secondary N) is 2. The summed E-state index contributed by atoms with van der Waals surface area (Å²) < 4.78 is 37.0. The summed E-state index contributed by atoms with van der Waals surface area (Å²) >= 11 is 0. The second-order valence-electron chi connectivity index (χ2n) is 5.31. The van der Waals surface area contributed by atoms with E-state index >= 15 is 0 Å². The number of benzene rings is 1. The van der Waals surface area contributed by atoms with E-state index in [2.05, 4.69) is 10.0 Å². The van der Waals surface area contributed by atoms with Crippen molar-refractivity contribution < 1.29 is 22.7 Å². The van der Waals surface area contributed by atoms with Crippen molar-refractivity contribution in [2.24, 2.45) is 5.73 Å². The maximum Gasteiger partial charge on any atom is 0.243 e. The van der Waals surface area contributed by atoms with Crippen LogP contribution in [0.2, 0.25) is 0 Å². The molecule has 10 heteroatoms. The summed E-state index contributed by atoms with van der Waals surface area (Å²) in [7, 11) is -0.761. The molecule has 1 aliphatic rings. The third-order valence-corrected chi connectivity index (χ3v) is 4.84. The Morgan fingerprint density at radius 1 is 1.38 bits per heavy atom. The highest BCUT2D eigenvalue weighted by molar-refractivity contribution is 7.89. The Bertz CT molecular complexity index is 679. The maximum atomic E-state index is 12.2. The molecular formula is C14H22ClN3O5S. The molecule has 8 nitrogen and oxygen atoms in total. The Balaban J connectivity index is 0.00000288. The van der Waals surface area contributed by atoms with Crippen molar-refractivity contribution in [3.05, 3.63) is 18.2 Å². The quantitative estimate of drug-likeness (QED) is 0.604. The summed E-state index contributed by atoms with van der Waals surface area (Å²) in [5, 5.41) is 2.57. The second kappa shape index (κ2) is 8.63. The number of hydrogen-bond donors (Lipinski definition) is 3. The van der Waals surface area contributed by atoms with Gasteiger partial charge in [-0.15, -0.1) is 12.4 Å². The Hall–Kier alpha value is -1.39.